The maximum Gasteiger partial charge on any atom is 0.326 e. The van der Waals surface area contributed by atoms with Gasteiger partial charge in [-0.05, 0) is 57.2 Å². The molecule has 0 radical (unpaired) electrons. The van der Waals surface area contributed by atoms with Crippen molar-refractivity contribution in [2.75, 3.05) is 13.6 Å². The average molecular weight is 365 g/mol. The Kier molecular flexibility index (Phi) is 4.57. The van der Waals surface area contributed by atoms with Crippen molar-refractivity contribution in [3.63, 3.8) is 0 Å². The van der Waals surface area contributed by atoms with Crippen LogP contribution >= 0.6 is 0 Å². The van der Waals surface area contributed by atoms with Crippen molar-refractivity contribution < 1.29 is 23.1 Å². The first-order valence-electron chi connectivity index (χ1n) is 8.95. The summed E-state index contributed by atoms with van der Waals surface area (Å²) < 4.78 is 33.2. The quantitative estimate of drug-likeness (QED) is 0.744. The highest BCUT2D eigenvalue weighted by molar-refractivity contribution is 5.97. The third kappa shape index (κ3) is 4.05. The molecule has 2 aliphatic carbocycles. The fourth-order valence-electron chi connectivity index (χ4n) is 3.07. The van der Waals surface area contributed by atoms with Crippen LogP contribution in [0.5, 0.6) is 0 Å². The van der Waals surface area contributed by atoms with Crippen molar-refractivity contribution in [3.8, 4) is 0 Å². The maximum atomic E-state index is 14.4. The van der Waals surface area contributed by atoms with Crippen LogP contribution in [0.2, 0.25) is 0 Å². The second kappa shape index (κ2) is 6.32. The van der Waals surface area contributed by atoms with Gasteiger partial charge in [-0.25, -0.2) is 8.78 Å². The number of carbonyl (C=O) groups excluding carboxylic acids is 2. The van der Waals surface area contributed by atoms with E-state index in [0.717, 1.165) is 0 Å². The van der Waals surface area contributed by atoms with E-state index < -0.39 is 23.4 Å². The van der Waals surface area contributed by atoms with Crippen LogP contribution in [0.15, 0.2) is 18.2 Å². The van der Waals surface area contributed by atoms with Crippen molar-refractivity contribution in [1.82, 2.24) is 4.90 Å². The van der Waals surface area contributed by atoms with Crippen LogP contribution in [0.4, 0.5) is 8.78 Å². The number of hydrogen-bond acceptors (Lipinski definition) is 3. The van der Waals surface area contributed by atoms with Gasteiger partial charge in [0.1, 0.15) is 24.0 Å². The predicted molar refractivity (Wildman–Crippen MR) is 93.5 cm³/mol. The second-order valence-electron chi connectivity index (χ2n) is 8.37. The van der Waals surface area contributed by atoms with Gasteiger partial charge in [0.25, 0.3) is 5.91 Å². The fourth-order valence-corrected chi connectivity index (χ4v) is 3.07. The number of alkyl halides is 2. The van der Waals surface area contributed by atoms with E-state index in [0.29, 0.717) is 36.0 Å². The number of hydrogen-bond donors (Lipinski definition) is 0. The van der Waals surface area contributed by atoms with Crippen LogP contribution in [0, 0.1) is 0 Å². The van der Waals surface area contributed by atoms with Crippen molar-refractivity contribution in [3.05, 3.63) is 34.9 Å². The lowest BCUT2D eigenvalue weighted by atomic mass is 9.96. The number of ether oxygens (including phenoxy) is 1. The summed E-state index contributed by atoms with van der Waals surface area (Å²) in [6.45, 7) is 5.06. The molecule has 0 aromatic heterocycles. The molecule has 1 aromatic rings. The van der Waals surface area contributed by atoms with Gasteiger partial charge < -0.3 is 9.64 Å². The zero-order valence-electron chi connectivity index (χ0n) is 15.6. The van der Waals surface area contributed by atoms with Gasteiger partial charge in [0, 0.05) is 18.5 Å². The Labute approximate surface area is 152 Å². The molecule has 1 amide bonds. The molecule has 0 saturated heterocycles. The summed E-state index contributed by atoms with van der Waals surface area (Å²) in [5, 5.41) is 0. The lowest BCUT2D eigenvalue weighted by Gasteiger charge is -2.23. The number of benzene rings is 1. The Hall–Kier alpha value is -1.98. The molecule has 2 aliphatic rings. The standard InChI is InChI=1S/C20H25F2NO3/c1-19(2,3)26-17(24)11-23(4)18(25)13-6-5-12(20(22)7-8-20)9-14(13)15-10-16(15)21/h5-6,9,15-16H,7-8,10-11H2,1-4H3/t15?,16-/m1/s1. The van der Waals surface area contributed by atoms with Crippen molar-refractivity contribution in [2.24, 2.45) is 0 Å². The van der Waals surface area contributed by atoms with Crippen molar-refractivity contribution in [1.29, 1.82) is 0 Å². The maximum absolute atomic E-state index is 14.4. The summed E-state index contributed by atoms with van der Waals surface area (Å²) >= 11 is 0. The molecule has 1 aromatic carbocycles. The Balaban J connectivity index is 1.79. The van der Waals surface area contributed by atoms with Crippen LogP contribution < -0.4 is 0 Å². The number of carbonyl (C=O) groups is 2. The first-order valence-corrected chi connectivity index (χ1v) is 8.95. The van der Waals surface area contributed by atoms with E-state index in [1.165, 1.54) is 11.9 Å². The van der Waals surface area contributed by atoms with Crippen LogP contribution in [-0.2, 0) is 15.2 Å². The lowest BCUT2D eigenvalue weighted by molar-refractivity contribution is -0.155. The first-order chi connectivity index (χ1) is 12.0. The highest BCUT2D eigenvalue weighted by Crippen LogP contribution is 2.52. The number of nitrogens with zero attached hydrogens (tertiary/aromatic N) is 1. The van der Waals surface area contributed by atoms with E-state index in [-0.39, 0.29) is 18.4 Å². The zero-order chi connectivity index (χ0) is 19.3. The summed E-state index contributed by atoms with van der Waals surface area (Å²) in [4.78, 5) is 26.0. The molecule has 1 unspecified atom stereocenters. The topological polar surface area (TPSA) is 46.6 Å². The van der Waals surface area contributed by atoms with E-state index in [4.69, 9.17) is 4.74 Å². The summed E-state index contributed by atoms with van der Waals surface area (Å²) in [7, 11) is 1.50. The Morgan fingerprint density at radius 1 is 1.31 bits per heavy atom. The monoisotopic (exact) mass is 365 g/mol. The summed E-state index contributed by atoms with van der Waals surface area (Å²) in [5.41, 5.74) is -0.588. The summed E-state index contributed by atoms with van der Waals surface area (Å²) in [6, 6.07) is 4.79. The molecular weight excluding hydrogens is 340 g/mol. The number of halogens is 2. The molecule has 0 spiro atoms. The average Bonchev–Trinajstić information content (AvgIpc) is 3.43. The Bertz CT molecular complexity index is 737. The minimum Gasteiger partial charge on any atom is -0.459 e. The lowest BCUT2D eigenvalue weighted by Crippen LogP contribution is -2.36. The molecule has 4 nitrogen and oxygen atoms in total. The van der Waals surface area contributed by atoms with E-state index in [2.05, 4.69) is 0 Å². The minimum atomic E-state index is -1.33. The summed E-state index contributed by atoms with van der Waals surface area (Å²) in [6.07, 6.45) is 0.269. The molecular formula is C20H25F2NO3. The van der Waals surface area contributed by atoms with Crippen molar-refractivity contribution >= 4 is 11.9 Å². The molecule has 142 valence electrons. The normalized spacial score (nSPS) is 23.3. The number of amides is 1. The largest absolute Gasteiger partial charge is 0.459 e. The molecule has 0 N–H and O–H groups in total. The highest BCUT2D eigenvalue weighted by Gasteiger charge is 2.47. The van der Waals surface area contributed by atoms with Gasteiger partial charge in [-0.2, -0.15) is 0 Å². The molecule has 6 heteroatoms. The molecule has 26 heavy (non-hydrogen) atoms. The zero-order valence-corrected chi connectivity index (χ0v) is 15.6. The Morgan fingerprint density at radius 3 is 2.42 bits per heavy atom. The smallest absolute Gasteiger partial charge is 0.326 e. The van der Waals surface area contributed by atoms with E-state index >= 15 is 0 Å². The van der Waals surface area contributed by atoms with E-state index in [1.54, 1.807) is 39.0 Å². The second-order valence-corrected chi connectivity index (χ2v) is 8.37. The SMILES string of the molecule is CN(CC(=O)OC(C)(C)C)C(=O)c1ccc(C2(F)CC2)cc1C1C[C@H]1F. The molecule has 2 saturated carbocycles. The number of esters is 1. The molecule has 2 atom stereocenters. The summed E-state index contributed by atoms with van der Waals surface area (Å²) in [5.74, 6) is -1.27. The Morgan fingerprint density at radius 2 is 1.92 bits per heavy atom. The predicted octanol–water partition coefficient (Wildman–Crippen LogP) is 3.88. The van der Waals surface area contributed by atoms with Crippen molar-refractivity contribution in [2.45, 2.75) is 63.4 Å². The third-order valence-electron chi connectivity index (χ3n) is 4.73. The van der Waals surface area contributed by atoms with E-state index in [1.807, 2.05) is 0 Å². The third-order valence-corrected chi connectivity index (χ3v) is 4.73. The van der Waals surface area contributed by atoms with Gasteiger partial charge in [0.2, 0.25) is 0 Å². The van der Waals surface area contributed by atoms with Crippen LogP contribution in [0.1, 0.15) is 67.4 Å². The van der Waals surface area contributed by atoms with Crippen LogP contribution in [0.25, 0.3) is 0 Å². The van der Waals surface area contributed by atoms with Crippen LogP contribution in [0.3, 0.4) is 0 Å². The molecule has 3 rings (SSSR count). The first kappa shape index (κ1) is 18.8. The molecule has 0 heterocycles. The van der Waals surface area contributed by atoms with Gasteiger partial charge in [-0.1, -0.05) is 12.1 Å². The molecule has 0 bridgehead atoms. The number of likely N-dealkylation sites (N-methyl/N-ethyl adjacent to an activating group) is 1. The molecule has 2 fully saturated rings. The van der Waals surface area contributed by atoms with Gasteiger partial charge in [-0.15, -0.1) is 0 Å². The van der Waals surface area contributed by atoms with Crippen LogP contribution in [-0.4, -0.2) is 42.1 Å². The minimum absolute atomic E-state index is 0.200. The number of rotatable bonds is 5. The van der Waals surface area contributed by atoms with Gasteiger partial charge >= 0.3 is 5.97 Å². The van der Waals surface area contributed by atoms with Gasteiger partial charge in [-0.3, -0.25) is 9.59 Å². The molecule has 0 aliphatic heterocycles. The van der Waals surface area contributed by atoms with Gasteiger partial charge in [0.05, 0.1) is 0 Å². The highest BCUT2D eigenvalue weighted by atomic mass is 19.1. The fraction of sp³-hybridized carbons (Fsp3) is 0.600. The van der Waals surface area contributed by atoms with Gasteiger partial charge in [0.15, 0.2) is 0 Å². The van der Waals surface area contributed by atoms with E-state index in [9.17, 15) is 18.4 Å².